The molecule has 28 heavy (non-hydrogen) atoms. The Morgan fingerprint density at radius 1 is 1.14 bits per heavy atom. The molecule has 2 aliphatic rings. The van der Waals surface area contributed by atoms with Crippen molar-refractivity contribution in [1.29, 1.82) is 0 Å². The molecule has 0 spiro atoms. The highest BCUT2D eigenvalue weighted by atomic mass is 32.2. The van der Waals surface area contributed by atoms with Gasteiger partial charge in [-0.25, -0.2) is 0 Å². The minimum atomic E-state index is -2.67. The molecular formula is C20H36NO5PS. The fourth-order valence-electron chi connectivity index (χ4n) is 3.77. The highest BCUT2D eigenvalue weighted by Gasteiger charge is 2.40. The third-order valence-corrected chi connectivity index (χ3v) is 9.94. The lowest BCUT2D eigenvalue weighted by Crippen LogP contribution is -2.28. The number of nitro groups is 1. The number of hydrogen-bond acceptors (Lipinski definition) is 6. The number of nitrogens with zero attached hydrogens (tertiary/aromatic N) is 1. The van der Waals surface area contributed by atoms with Gasteiger partial charge in [0.05, 0.1) is 11.5 Å². The van der Waals surface area contributed by atoms with Gasteiger partial charge in [0.25, 0.3) is 0 Å². The van der Waals surface area contributed by atoms with Crippen LogP contribution >= 0.6 is 19.1 Å². The van der Waals surface area contributed by atoms with Crippen LogP contribution in [0.3, 0.4) is 0 Å². The van der Waals surface area contributed by atoms with Crippen molar-refractivity contribution in [3.8, 4) is 0 Å². The molecule has 0 saturated heterocycles. The molecule has 0 aromatic carbocycles. The van der Waals surface area contributed by atoms with E-state index in [-0.39, 0.29) is 22.1 Å². The van der Waals surface area contributed by atoms with Crippen LogP contribution in [-0.2, 0) is 9.09 Å². The van der Waals surface area contributed by atoms with Crippen molar-refractivity contribution < 1.29 is 19.1 Å². The first kappa shape index (κ1) is 23.9. The second-order valence-electron chi connectivity index (χ2n) is 8.08. The highest BCUT2D eigenvalue weighted by Crippen LogP contribution is 2.60. The summed E-state index contributed by atoms with van der Waals surface area (Å²) in [5.41, 5.74) is -0.0725. The van der Waals surface area contributed by atoms with E-state index in [1.165, 1.54) is 12.8 Å². The van der Waals surface area contributed by atoms with Crippen LogP contribution in [0, 0.1) is 10.1 Å². The van der Waals surface area contributed by atoms with Gasteiger partial charge in [0, 0.05) is 23.2 Å². The van der Waals surface area contributed by atoms with E-state index in [9.17, 15) is 19.8 Å². The summed E-state index contributed by atoms with van der Waals surface area (Å²) in [5, 5.41) is 20.1. The maximum atomic E-state index is 13.5. The Balaban J connectivity index is 1.68. The minimum absolute atomic E-state index is 0.201. The van der Waals surface area contributed by atoms with Crippen LogP contribution in [-0.4, -0.2) is 45.2 Å². The molecular weight excluding hydrogens is 397 g/mol. The van der Waals surface area contributed by atoms with Crippen molar-refractivity contribution in [2.24, 2.45) is 0 Å². The molecule has 0 amide bonds. The van der Waals surface area contributed by atoms with Gasteiger partial charge < -0.3 is 9.63 Å². The fourth-order valence-corrected chi connectivity index (χ4v) is 7.57. The molecule has 1 fully saturated rings. The molecule has 1 saturated carbocycles. The van der Waals surface area contributed by atoms with Gasteiger partial charge >= 0.3 is 0 Å². The Labute approximate surface area is 173 Å². The number of aliphatic hydroxyl groups is 1. The molecule has 0 aromatic rings. The predicted molar refractivity (Wildman–Crippen MR) is 116 cm³/mol. The van der Waals surface area contributed by atoms with Crippen molar-refractivity contribution in [3.05, 3.63) is 22.3 Å². The molecule has 0 bridgehead atoms. The highest BCUT2D eigenvalue weighted by molar-refractivity contribution is 7.99. The lowest BCUT2D eigenvalue weighted by atomic mass is 10.00. The number of aliphatic hydroxyl groups excluding tert-OH is 1. The van der Waals surface area contributed by atoms with Crippen LogP contribution in [0.2, 0.25) is 0 Å². The summed E-state index contributed by atoms with van der Waals surface area (Å²) in [4.78, 5) is 10.6. The zero-order valence-electron chi connectivity index (χ0n) is 17.0. The van der Waals surface area contributed by atoms with Crippen LogP contribution in [0.5, 0.6) is 0 Å². The van der Waals surface area contributed by atoms with Crippen LogP contribution < -0.4 is 0 Å². The van der Waals surface area contributed by atoms with E-state index in [0.717, 1.165) is 50.7 Å². The molecule has 0 radical (unpaired) electrons. The van der Waals surface area contributed by atoms with Gasteiger partial charge in [-0.15, -0.1) is 11.8 Å². The van der Waals surface area contributed by atoms with E-state index in [0.29, 0.717) is 19.0 Å². The summed E-state index contributed by atoms with van der Waals surface area (Å²) in [5.74, 6) is 1.01. The summed E-state index contributed by atoms with van der Waals surface area (Å²) in [7, 11) is -2.67. The second-order valence-corrected chi connectivity index (χ2v) is 12.3. The molecule has 4 unspecified atom stereocenters. The fraction of sp³-hybridized carbons (Fsp3) is 0.900. The van der Waals surface area contributed by atoms with Gasteiger partial charge in [0.2, 0.25) is 13.4 Å². The average molecular weight is 434 g/mol. The van der Waals surface area contributed by atoms with Crippen molar-refractivity contribution >= 4 is 19.1 Å². The maximum absolute atomic E-state index is 13.5. The smallest absolute Gasteiger partial charge is 0.231 e. The van der Waals surface area contributed by atoms with E-state index in [1.54, 1.807) is 30.8 Å². The summed E-state index contributed by atoms with van der Waals surface area (Å²) in [6.07, 6.45) is 14.6. The SMILES string of the molecule is CC(O)SCCCCCCCCP(=O)(OC1C=CC([N+](=O)[O-])CC1)C1CCC1. The van der Waals surface area contributed by atoms with Crippen molar-refractivity contribution in [3.63, 3.8) is 0 Å². The molecule has 6 nitrogen and oxygen atoms in total. The van der Waals surface area contributed by atoms with E-state index in [1.807, 2.05) is 0 Å². The van der Waals surface area contributed by atoms with E-state index in [4.69, 9.17) is 4.52 Å². The molecule has 8 heteroatoms. The Hall–Kier alpha value is -0.360. The summed E-state index contributed by atoms with van der Waals surface area (Å²) < 4.78 is 19.6. The quantitative estimate of drug-likeness (QED) is 0.0956. The van der Waals surface area contributed by atoms with Gasteiger partial charge in [-0.2, -0.15) is 0 Å². The van der Waals surface area contributed by atoms with Crippen LogP contribution in [0.1, 0.15) is 77.6 Å². The van der Waals surface area contributed by atoms with Crippen LogP contribution in [0.4, 0.5) is 0 Å². The molecule has 2 rings (SSSR count). The summed E-state index contributed by atoms with van der Waals surface area (Å²) in [6, 6.07) is -0.623. The van der Waals surface area contributed by atoms with Crippen molar-refractivity contribution in [2.45, 2.75) is 101 Å². The molecule has 0 aromatic heterocycles. The molecule has 2 aliphatic carbocycles. The Morgan fingerprint density at radius 2 is 1.82 bits per heavy atom. The number of rotatable bonds is 14. The first-order valence-electron chi connectivity index (χ1n) is 10.8. The topological polar surface area (TPSA) is 89.7 Å². The van der Waals surface area contributed by atoms with Gasteiger partial charge in [-0.05, 0) is 50.9 Å². The molecule has 162 valence electrons. The van der Waals surface area contributed by atoms with Gasteiger partial charge in [0.1, 0.15) is 0 Å². The second kappa shape index (κ2) is 12.4. The van der Waals surface area contributed by atoms with Crippen molar-refractivity contribution in [2.75, 3.05) is 11.9 Å². The van der Waals surface area contributed by atoms with Crippen molar-refractivity contribution in [1.82, 2.24) is 0 Å². The number of thioether (sulfide) groups is 1. The van der Waals surface area contributed by atoms with Gasteiger partial charge in [0.15, 0.2) is 0 Å². The normalized spacial score (nSPS) is 25.8. The lowest BCUT2D eigenvalue weighted by Gasteiger charge is -2.36. The molecule has 4 atom stereocenters. The Bertz CT molecular complexity index is 553. The predicted octanol–water partition coefficient (Wildman–Crippen LogP) is 5.61. The first-order valence-corrected chi connectivity index (χ1v) is 13.7. The van der Waals surface area contributed by atoms with E-state index in [2.05, 4.69) is 0 Å². The zero-order valence-corrected chi connectivity index (χ0v) is 18.8. The monoisotopic (exact) mass is 433 g/mol. The van der Waals surface area contributed by atoms with Crippen LogP contribution in [0.15, 0.2) is 12.2 Å². The third kappa shape index (κ3) is 8.17. The summed E-state index contributed by atoms with van der Waals surface area (Å²) >= 11 is 1.59. The molecule has 1 N–H and O–H groups in total. The number of unbranched alkanes of at least 4 members (excludes halogenated alkanes) is 5. The van der Waals surface area contributed by atoms with E-state index >= 15 is 0 Å². The Morgan fingerprint density at radius 3 is 2.36 bits per heavy atom. The average Bonchev–Trinajstić information content (AvgIpc) is 2.58. The maximum Gasteiger partial charge on any atom is 0.231 e. The Kier molecular flexibility index (Phi) is 10.6. The third-order valence-electron chi connectivity index (χ3n) is 5.73. The standard InChI is InChI=1S/C20H36NO5PS/c1-17(22)28-16-7-5-3-2-4-6-15-27(25,20-9-8-10-20)26-19-13-11-18(12-14-19)21(23)24/h11,13,17-20,22H,2-10,12,14-16H2,1H3. The molecule has 0 aliphatic heterocycles. The minimum Gasteiger partial charge on any atom is -0.383 e. The first-order chi connectivity index (χ1) is 13.4. The van der Waals surface area contributed by atoms with Gasteiger partial charge in [-0.3, -0.25) is 14.7 Å². The van der Waals surface area contributed by atoms with Crippen LogP contribution in [0.25, 0.3) is 0 Å². The lowest BCUT2D eigenvalue weighted by molar-refractivity contribution is -0.511. The largest absolute Gasteiger partial charge is 0.383 e. The van der Waals surface area contributed by atoms with Gasteiger partial charge in [-0.1, -0.05) is 38.2 Å². The molecule has 0 heterocycles. The summed E-state index contributed by atoms with van der Waals surface area (Å²) in [6.45, 7) is 1.80. The zero-order chi connectivity index (χ0) is 20.4. The number of hydrogen-bond donors (Lipinski definition) is 1. The van der Waals surface area contributed by atoms with E-state index < -0.39 is 13.4 Å².